The second-order valence-electron chi connectivity index (χ2n) is 7.47. The second-order valence-corrected chi connectivity index (χ2v) is 7.47. The molecule has 3 rings (SSSR count). The largest absolute Gasteiger partial charge is 0.341 e. The van der Waals surface area contributed by atoms with Gasteiger partial charge in [-0.3, -0.25) is 4.79 Å². The summed E-state index contributed by atoms with van der Waals surface area (Å²) < 4.78 is 0. The number of H-pyrrole nitrogens is 1. The molecule has 1 N–H and O–H groups in total. The molecule has 4 heteroatoms. The molecule has 1 aliphatic carbocycles. The molecule has 0 aliphatic heterocycles. The average molecular weight is 325 g/mol. The van der Waals surface area contributed by atoms with Crippen molar-refractivity contribution >= 4 is 5.91 Å². The van der Waals surface area contributed by atoms with Crippen LogP contribution in [-0.2, 0) is 11.3 Å². The minimum absolute atomic E-state index is 0.215. The molecule has 0 unspecified atom stereocenters. The molecule has 0 saturated heterocycles. The van der Waals surface area contributed by atoms with E-state index >= 15 is 0 Å². The first-order chi connectivity index (χ1) is 11.5. The van der Waals surface area contributed by atoms with Crippen molar-refractivity contribution in [3.63, 3.8) is 0 Å². The number of aromatic nitrogens is 2. The van der Waals surface area contributed by atoms with Crippen LogP contribution in [0.3, 0.4) is 0 Å². The molecule has 4 nitrogen and oxygen atoms in total. The Hall–Kier alpha value is -2.10. The maximum atomic E-state index is 12.9. The second kappa shape index (κ2) is 6.80. The van der Waals surface area contributed by atoms with Gasteiger partial charge in [0, 0.05) is 12.5 Å². The predicted molar refractivity (Wildman–Crippen MR) is 96.2 cm³/mol. The molecule has 0 radical (unpaired) electrons. The van der Waals surface area contributed by atoms with Gasteiger partial charge in [0.1, 0.15) is 5.82 Å². The van der Waals surface area contributed by atoms with Gasteiger partial charge in [-0.25, -0.2) is 4.98 Å². The highest BCUT2D eigenvalue weighted by Crippen LogP contribution is 2.40. The van der Waals surface area contributed by atoms with Gasteiger partial charge < -0.3 is 9.88 Å². The Morgan fingerprint density at radius 3 is 2.58 bits per heavy atom. The number of nitrogens with zero attached hydrogens (tertiary/aromatic N) is 2. The zero-order chi connectivity index (χ0) is 17.2. The van der Waals surface area contributed by atoms with Crippen LogP contribution in [0, 0.1) is 11.3 Å². The lowest BCUT2D eigenvalue weighted by molar-refractivity contribution is -0.142. The molecule has 1 saturated carbocycles. The zero-order valence-corrected chi connectivity index (χ0v) is 14.9. The quantitative estimate of drug-likeness (QED) is 0.893. The Labute approximate surface area is 144 Å². The van der Waals surface area contributed by atoms with Crippen LogP contribution in [0.25, 0.3) is 11.3 Å². The minimum atomic E-state index is -0.292. The summed E-state index contributed by atoms with van der Waals surface area (Å²) in [5.74, 6) is 1.54. The fourth-order valence-corrected chi connectivity index (χ4v) is 3.82. The first-order valence-corrected chi connectivity index (χ1v) is 8.83. The van der Waals surface area contributed by atoms with Crippen LogP contribution in [0.1, 0.15) is 45.4 Å². The van der Waals surface area contributed by atoms with Crippen molar-refractivity contribution in [2.75, 3.05) is 7.05 Å². The average Bonchev–Trinajstić information content (AvgIpc) is 3.27. The van der Waals surface area contributed by atoms with Crippen LogP contribution < -0.4 is 0 Å². The third-order valence-electron chi connectivity index (χ3n) is 5.37. The van der Waals surface area contributed by atoms with E-state index in [-0.39, 0.29) is 11.3 Å². The van der Waals surface area contributed by atoms with Gasteiger partial charge in [-0.2, -0.15) is 0 Å². The highest BCUT2D eigenvalue weighted by molar-refractivity contribution is 5.82. The van der Waals surface area contributed by atoms with E-state index in [0.717, 1.165) is 17.1 Å². The van der Waals surface area contributed by atoms with Crippen LogP contribution in [0.15, 0.2) is 36.5 Å². The number of carbonyl (C=O) groups excluding carboxylic acids is 1. The summed E-state index contributed by atoms with van der Waals surface area (Å²) in [6.45, 7) is 4.71. The Kier molecular flexibility index (Phi) is 4.74. The normalized spacial score (nSPS) is 15.6. The summed E-state index contributed by atoms with van der Waals surface area (Å²) in [6.07, 6.45) is 6.69. The zero-order valence-electron chi connectivity index (χ0n) is 14.9. The van der Waals surface area contributed by atoms with Crippen LogP contribution in [0.5, 0.6) is 0 Å². The van der Waals surface area contributed by atoms with Crippen molar-refractivity contribution in [2.24, 2.45) is 11.3 Å². The van der Waals surface area contributed by atoms with Crippen molar-refractivity contribution in [1.29, 1.82) is 0 Å². The number of carbonyl (C=O) groups is 1. The number of rotatable bonds is 5. The highest BCUT2D eigenvalue weighted by Gasteiger charge is 2.39. The number of nitrogens with one attached hydrogen (secondary N) is 1. The molecule has 0 bridgehead atoms. The van der Waals surface area contributed by atoms with Gasteiger partial charge in [-0.15, -0.1) is 0 Å². The molecule has 24 heavy (non-hydrogen) atoms. The smallest absolute Gasteiger partial charge is 0.228 e. The molecule has 0 atom stereocenters. The fourth-order valence-electron chi connectivity index (χ4n) is 3.82. The van der Waals surface area contributed by atoms with E-state index in [2.05, 4.69) is 35.9 Å². The molecule has 0 spiro atoms. The summed E-state index contributed by atoms with van der Waals surface area (Å²) in [5, 5.41) is 0. The SMILES string of the molecule is CN(Cc1ncc(-c2ccccc2)[nH]1)C(=O)C(C)(C)C1CCCC1. The third kappa shape index (κ3) is 3.37. The van der Waals surface area contributed by atoms with E-state index in [1.807, 2.05) is 36.3 Å². The topological polar surface area (TPSA) is 49.0 Å². The van der Waals surface area contributed by atoms with Crippen LogP contribution >= 0.6 is 0 Å². The Balaban J connectivity index is 1.67. The fraction of sp³-hybridized carbons (Fsp3) is 0.500. The Morgan fingerprint density at radius 2 is 1.92 bits per heavy atom. The maximum absolute atomic E-state index is 12.9. The van der Waals surface area contributed by atoms with Gasteiger partial charge in [-0.05, 0) is 24.3 Å². The van der Waals surface area contributed by atoms with Crippen LogP contribution in [0.2, 0.25) is 0 Å². The van der Waals surface area contributed by atoms with E-state index in [1.165, 1.54) is 25.7 Å². The van der Waals surface area contributed by atoms with Crippen molar-refractivity contribution in [3.05, 3.63) is 42.4 Å². The van der Waals surface area contributed by atoms with E-state index < -0.39 is 0 Å². The predicted octanol–water partition coefficient (Wildman–Crippen LogP) is 4.25. The van der Waals surface area contributed by atoms with Crippen molar-refractivity contribution < 1.29 is 4.79 Å². The number of hydrogen-bond acceptors (Lipinski definition) is 2. The molecule has 2 aromatic rings. The first-order valence-electron chi connectivity index (χ1n) is 8.83. The highest BCUT2D eigenvalue weighted by atomic mass is 16.2. The first kappa shape index (κ1) is 16.7. The summed E-state index contributed by atoms with van der Waals surface area (Å²) in [5.41, 5.74) is 1.80. The van der Waals surface area contributed by atoms with E-state index in [4.69, 9.17) is 0 Å². The number of amides is 1. The molecule has 1 heterocycles. The minimum Gasteiger partial charge on any atom is -0.341 e. The lowest BCUT2D eigenvalue weighted by atomic mass is 9.76. The summed E-state index contributed by atoms with van der Waals surface area (Å²) >= 11 is 0. The van der Waals surface area contributed by atoms with Crippen molar-refractivity contribution in [1.82, 2.24) is 14.9 Å². The number of hydrogen-bond donors (Lipinski definition) is 1. The molecule has 1 aromatic carbocycles. The van der Waals surface area contributed by atoms with Gasteiger partial charge in [0.15, 0.2) is 0 Å². The summed E-state index contributed by atoms with van der Waals surface area (Å²) in [6, 6.07) is 10.1. The summed E-state index contributed by atoms with van der Waals surface area (Å²) in [4.78, 5) is 22.5. The molecular weight excluding hydrogens is 298 g/mol. The monoisotopic (exact) mass is 325 g/mol. The number of imidazole rings is 1. The van der Waals surface area contributed by atoms with Crippen molar-refractivity contribution in [3.8, 4) is 11.3 Å². The number of aromatic amines is 1. The van der Waals surface area contributed by atoms with E-state index in [9.17, 15) is 4.79 Å². The van der Waals surface area contributed by atoms with Crippen LogP contribution in [0.4, 0.5) is 0 Å². The molecule has 1 fully saturated rings. The van der Waals surface area contributed by atoms with Crippen molar-refractivity contribution in [2.45, 2.75) is 46.1 Å². The molecule has 1 aliphatic rings. The maximum Gasteiger partial charge on any atom is 0.228 e. The van der Waals surface area contributed by atoms with Gasteiger partial charge in [-0.1, -0.05) is 57.0 Å². The number of benzene rings is 1. The molecule has 1 amide bonds. The van der Waals surface area contributed by atoms with E-state index in [0.29, 0.717) is 12.5 Å². The standard InChI is InChI=1S/C20H27N3O/c1-20(2,16-11-7-8-12-16)19(24)23(3)14-18-21-13-17(22-18)15-9-5-4-6-10-15/h4-6,9-10,13,16H,7-8,11-12,14H2,1-3H3,(H,21,22). The molecule has 128 valence electrons. The van der Waals surface area contributed by atoms with Gasteiger partial charge >= 0.3 is 0 Å². The van der Waals surface area contributed by atoms with Gasteiger partial charge in [0.05, 0.1) is 18.4 Å². The Morgan fingerprint density at radius 1 is 1.25 bits per heavy atom. The van der Waals surface area contributed by atoms with Crippen LogP contribution in [-0.4, -0.2) is 27.8 Å². The van der Waals surface area contributed by atoms with Gasteiger partial charge in [0.2, 0.25) is 5.91 Å². The van der Waals surface area contributed by atoms with E-state index in [1.54, 1.807) is 0 Å². The lowest BCUT2D eigenvalue weighted by Crippen LogP contribution is -2.42. The molecule has 1 aromatic heterocycles. The Bertz CT molecular complexity index is 684. The molecular formula is C20H27N3O. The lowest BCUT2D eigenvalue weighted by Gasteiger charge is -2.34. The van der Waals surface area contributed by atoms with Gasteiger partial charge in [0.25, 0.3) is 0 Å². The summed E-state index contributed by atoms with van der Waals surface area (Å²) in [7, 11) is 1.88. The third-order valence-corrected chi connectivity index (χ3v) is 5.37.